The van der Waals surface area contributed by atoms with Crippen LogP contribution >= 0.6 is 11.6 Å². The average Bonchev–Trinajstić information content (AvgIpc) is 2.84. The maximum Gasteiger partial charge on any atom is 0.138 e. The Balaban J connectivity index is 2.27. The zero-order valence-electron chi connectivity index (χ0n) is 10.3. The van der Waals surface area contributed by atoms with Crippen molar-refractivity contribution >= 4 is 11.6 Å². The Morgan fingerprint density at radius 2 is 2.00 bits per heavy atom. The SMILES string of the molecule is COc1ccc(OC)c(CC2CCCN2)c1Cl. The number of rotatable bonds is 4. The zero-order chi connectivity index (χ0) is 12.3. The molecule has 1 atom stereocenters. The molecule has 1 N–H and O–H groups in total. The van der Waals surface area contributed by atoms with Gasteiger partial charge in [-0.25, -0.2) is 0 Å². The third kappa shape index (κ3) is 2.67. The van der Waals surface area contributed by atoms with Crippen LogP contribution in [0.3, 0.4) is 0 Å². The van der Waals surface area contributed by atoms with Crippen molar-refractivity contribution < 1.29 is 9.47 Å². The van der Waals surface area contributed by atoms with Crippen molar-refractivity contribution in [1.82, 2.24) is 5.32 Å². The molecule has 1 aromatic rings. The first-order valence-electron chi connectivity index (χ1n) is 5.89. The summed E-state index contributed by atoms with van der Waals surface area (Å²) in [6.07, 6.45) is 3.31. The third-order valence-electron chi connectivity index (χ3n) is 3.22. The summed E-state index contributed by atoms with van der Waals surface area (Å²) in [6.45, 7) is 1.09. The van der Waals surface area contributed by atoms with E-state index in [0.29, 0.717) is 16.8 Å². The molecule has 1 aromatic carbocycles. The monoisotopic (exact) mass is 255 g/mol. The van der Waals surface area contributed by atoms with E-state index in [9.17, 15) is 0 Å². The van der Waals surface area contributed by atoms with Gasteiger partial charge in [0.25, 0.3) is 0 Å². The lowest BCUT2D eigenvalue weighted by atomic mass is 10.0. The fraction of sp³-hybridized carbons (Fsp3) is 0.538. The summed E-state index contributed by atoms with van der Waals surface area (Å²) in [5, 5.41) is 4.13. The first-order valence-corrected chi connectivity index (χ1v) is 6.26. The highest BCUT2D eigenvalue weighted by molar-refractivity contribution is 6.33. The predicted molar refractivity (Wildman–Crippen MR) is 69.3 cm³/mol. The Hall–Kier alpha value is -0.930. The van der Waals surface area contributed by atoms with E-state index in [1.165, 1.54) is 12.8 Å². The van der Waals surface area contributed by atoms with Crippen molar-refractivity contribution in [3.05, 3.63) is 22.7 Å². The van der Waals surface area contributed by atoms with Crippen LogP contribution in [0, 0.1) is 0 Å². The Morgan fingerprint density at radius 1 is 1.29 bits per heavy atom. The van der Waals surface area contributed by atoms with Crippen LogP contribution in [0.15, 0.2) is 12.1 Å². The molecule has 1 saturated heterocycles. The van der Waals surface area contributed by atoms with E-state index in [4.69, 9.17) is 21.1 Å². The van der Waals surface area contributed by atoms with Gasteiger partial charge in [-0.3, -0.25) is 0 Å². The van der Waals surface area contributed by atoms with E-state index in [1.807, 2.05) is 12.1 Å². The van der Waals surface area contributed by atoms with E-state index < -0.39 is 0 Å². The van der Waals surface area contributed by atoms with E-state index in [-0.39, 0.29) is 0 Å². The molecule has 0 saturated carbocycles. The smallest absolute Gasteiger partial charge is 0.138 e. The lowest BCUT2D eigenvalue weighted by Gasteiger charge is -2.16. The van der Waals surface area contributed by atoms with Crippen LogP contribution in [-0.2, 0) is 6.42 Å². The summed E-state index contributed by atoms with van der Waals surface area (Å²) in [4.78, 5) is 0. The minimum atomic E-state index is 0.494. The predicted octanol–water partition coefficient (Wildman–Crippen LogP) is 2.65. The van der Waals surface area contributed by atoms with Gasteiger partial charge in [0.2, 0.25) is 0 Å². The van der Waals surface area contributed by atoms with Crippen molar-refractivity contribution in [1.29, 1.82) is 0 Å². The topological polar surface area (TPSA) is 30.5 Å². The highest BCUT2D eigenvalue weighted by atomic mass is 35.5. The third-order valence-corrected chi connectivity index (χ3v) is 3.63. The highest BCUT2D eigenvalue weighted by Gasteiger charge is 2.20. The van der Waals surface area contributed by atoms with Crippen molar-refractivity contribution in [2.24, 2.45) is 0 Å². The Bertz CT molecular complexity index is 389. The van der Waals surface area contributed by atoms with Gasteiger partial charge < -0.3 is 14.8 Å². The van der Waals surface area contributed by atoms with Gasteiger partial charge in [0.1, 0.15) is 11.5 Å². The van der Waals surface area contributed by atoms with E-state index >= 15 is 0 Å². The lowest BCUT2D eigenvalue weighted by molar-refractivity contribution is 0.396. The molecule has 0 aliphatic carbocycles. The second-order valence-electron chi connectivity index (χ2n) is 4.26. The number of nitrogens with one attached hydrogen (secondary N) is 1. The molecule has 1 unspecified atom stereocenters. The molecule has 2 rings (SSSR count). The fourth-order valence-electron chi connectivity index (χ4n) is 2.30. The van der Waals surface area contributed by atoms with E-state index in [0.717, 1.165) is 24.3 Å². The molecule has 17 heavy (non-hydrogen) atoms. The normalized spacial score (nSPS) is 19.4. The number of benzene rings is 1. The van der Waals surface area contributed by atoms with Gasteiger partial charge >= 0.3 is 0 Å². The van der Waals surface area contributed by atoms with Gasteiger partial charge in [-0.15, -0.1) is 0 Å². The van der Waals surface area contributed by atoms with Crippen LogP contribution in [0.4, 0.5) is 0 Å². The summed E-state index contributed by atoms with van der Waals surface area (Å²) < 4.78 is 10.6. The Kier molecular flexibility index (Phi) is 4.13. The zero-order valence-corrected chi connectivity index (χ0v) is 11.0. The number of ether oxygens (including phenoxy) is 2. The maximum atomic E-state index is 6.34. The minimum absolute atomic E-state index is 0.494. The standard InChI is InChI=1S/C13H18ClNO2/c1-16-11-5-6-12(17-2)13(14)10(11)8-9-4-3-7-15-9/h5-6,9,15H,3-4,7-8H2,1-2H3. The molecule has 1 fully saturated rings. The molecule has 0 spiro atoms. The summed E-state index contributed by atoms with van der Waals surface area (Å²) in [6, 6.07) is 4.25. The second kappa shape index (κ2) is 5.61. The molecule has 0 amide bonds. The molecule has 4 heteroatoms. The van der Waals surface area contributed by atoms with Crippen LogP contribution < -0.4 is 14.8 Å². The van der Waals surface area contributed by atoms with Gasteiger partial charge in [0.15, 0.2) is 0 Å². The Morgan fingerprint density at radius 3 is 2.59 bits per heavy atom. The lowest BCUT2D eigenvalue weighted by Crippen LogP contribution is -2.24. The molecule has 1 aliphatic heterocycles. The van der Waals surface area contributed by atoms with Crippen molar-refractivity contribution in [3.63, 3.8) is 0 Å². The molecule has 0 aromatic heterocycles. The van der Waals surface area contributed by atoms with Gasteiger partial charge in [0, 0.05) is 11.6 Å². The molecule has 1 heterocycles. The summed E-state index contributed by atoms with van der Waals surface area (Å²) in [5.74, 6) is 1.55. The van der Waals surface area contributed by atoms with Gasteiger partial charge in [-0.1, -0.05) is 11.6 Å². The maximum absolute atomic E-state index is 6.34. The number of hydrogen-bond donors (Lipinski definition) is 1. The highest BCUT2D eigenvalue weighted by Crippen LogP contribution is 2.36. The minimum Gasteiger partial charge on any atom is -0.496 e. The van der Waals surface area contributed by atoms with Gasteiger partial charge in [0.05, 0.1) is 19.2 Å². The van der Waals surface area contributed by atoms with Crippen molar-refractivity contribution in [2.75, 3.05) is 20.8 Å². The number of methoxy groups -OCH3 is 2. The first kappa shape index (κ1) is 12.5. The van der Waals surface area contributed by atoms with Crippen LogP contribution in [0.1, 0.15) is 18.4 Å². The molecule has 1 aliphatic rings. The van der Waals surface area contributed by atoms with E-state index in [2.05, 4.69) is 5.32 Å². The van der Waals surface area contributed by atoms with E-state index in [1.54, 1.807) is 14.2 Å². The van der Waals surface area contributed by atoms with Crippen LogP contribution in [0.25, 0.3) is 0 Å². The molecular formula is C13H18ClNO2. The molecular weight excluding hydrogens is 238 g/mol. The molecule has 0 bridgehead atoms. The Labute approximate surface area is 107 Å². The average molecular weight is 256 g/mol. The first-order chi connectivity index (χ1) is 8.26. The van der Waals surface area contributed by atoms with Crippen molar-refractivity contribution in [2.45, 2.75) is 25.3 Å². The molecule has 94 valence electrons. The molecule has 3 nitrogen and oxygen atoms in total. The van der Waals surface area contributed by atoms with Crippen molar-refractivity contribution in [3.8, 4) is 11.5 Å². The quantitative estimate of drug-likeness (QED) is 0.897. The summed E-state index contributed by atoms with van der Waals surface area (Å²) in [7, 11) is 3.30. The van der Waals surface area contributed by atoms with Gasteiger partial charge in [-0.2, -0.15) is 0 Å². The summed E-state index contributed by atoms with van der Waals surface area (Å²) >= 11 is 6.34. The van der Waals surface area contributed by atoms with Crippen LogP contribution in [0.5, 0.6) is 11.5 Å². The van der Waals surface area contributed by atoms with Gasteiger partial charge in [-0.05, 0) is 37.9 Å². The molecule has 0 radical (unpaired) electrons. The summed E-state index contributed by atoms with van der Waals surface area (Å²) in [5.41, 5.74) is 1.04. The fourth-order valence-corrected chi connectivity index (χ4v) is 2.61. The largest absolute Gasteiger partial charge is 0.496 e. The second-order valence-corrected chi connectivity index (χ2v) is 4.64. The number of halogens is 1. The van der Waals surface area contributed by atoms with Crippen LogP contribution in [-0.4, -0.2) is 26.8 Å². The number of hydrogen-bond acceptors (Lipinski definition) is 3. The van der Waals surface area contributed by atoms with Crippen LogP contribution in [0.2, 0.25) is 5.02 Å².